The standard InChI is InChI=1S/C21H30N4O/c1-22-21(25(4)16-17-11-7-6-8-12-17)23-15-19(24(2)3)18-13-9-10-14-20(18)26-5/h6-14,19H,15-16H2,1-5H3,(H,22,23). The summed E-state index contributed by atoms with van der Waals surface area (Å²) in [5, 5.41) is 3.50. The van der Waals surface area contributed by atoms with E-state index in [0.29, 0.717) is 0 Å². The van der Waals surface area contributed by atoms with Gasteiger partial charge in [0.25, 0.3) is 0 Å². The predicted molar refractivity (Wildman–Crippen MR) is 109 cm³/mol. The van der Waals surface area contributed by atoms with Crippen molar-refractivity contribution in [2.24, 2.45) is 4.99 Å². The Balaban J connectivity index is 2.07. The molecule has 0 amide bonds. The van der Waals surface area contributed by atoms with Gasteiger partial charge in [-0.05, 0) is 25.7 Å². The number of hydrogen-bond donors (Lipinski definition) is 1. The minimum atomic E-state index is 0.174. The van der Waals surface area contributed by atoms with E-state index in [4.69, 9.17) is 4.74 Å². The highest BCUT2D eigenvalue weighted by atomic mass is 16.5. The fraction of sp³-hybridized carbons (Fsp3) is 0.381. The molecule has 0 bridgehead atoms. The van der Waals surface area contributed by atoms with Crippen LogP contribution in [-0.2, 0) is 6.54 Å². The molecule has 0 saturated heterocycles. The first-order valence-corrected chi connectivity index (χ1v) is 8.81. The number of guanidine groups is 1. The Bertz CT molecular complexity index is 700. The van der Waals surface area contributed by atoms with Crippen molar-refractivity contribution in [1.29, 1.82) is 0 Å². The Morgan fingerprint density at radius 2 is 1.69 bits per heavy atom. The molecule has 5 heteroatoms. The van der Waals surface area contributed by atoms with Gasteiger partial charge in [0.1, 0.15) is 5.75 Å². The first-order valence-electron chi connectivity index (χ1n) is 8.81. The van der Waals surface area contributed by atoms with Crippen LogP contribution < -0.4 is 10.1 Å². The monoisotopic (exact) mass is 354 g/mol. The zero-order valence-corrected chi connectivity index (χ0v) is 16.4. The second kappa shape index (κ2) is 9.82. The summed E-state index contributed by atoms with van der Waals surface area (Å²) in [6.45, 7) is 1.54. The molecular weight excluding hydrogens is 324 g/mol. The Morgan fingerprint density at radius 3 is 2.31 bits per heavy atom. The zero-order valence-electron chi connectivity index (χ0n) is 16.4. The van der Waals surface area contributed by atoms with Crippen LogP contribution in [0.5, 0.6) is 5.75 Å². The highest BCUT2D eigenvalue weighted by Crippen LogP contribution is 2.27. The molecule has 2 rings (SSSR count). The molecule has 0 spiro atoms. The predicted octanol–water partition coefficient (Wildman–Crippen LogP) is 3.01. The number of rotatable bonds is 7. The maximum Gasteiger partial charge on any atom is 0.193 e. The second-order valence-corrected chi connectivity index (χ2v) is 6.49. The van der Waals surface area contributed by atoms with E-state index in [1.54, 1.807) is 7.11 Å². The minimum Gasteiger partial charge on any atom is -0.496 e. The molecular formula is C21H30N4O. The van der Waals surface area contributed by atoms with Gasteiger partial charge in [0, 0.05) is 32.7 Å². The second-order valence-electron chi connectivity index (χ2n) is 6.49. The van der Waals surface area contributed by atoms with Gasteiger partial charge in [0.2, 0.25) is 0 Å². The average Bonchev–Trinajstić information content (AvgIpc) is 2.65. The lowest BCUT2D eigenvalue weighted by Gasteiger charge is -2.29. The maximum absolute atomic E-state index is 5.54. The molecule has 140 valence electrons. The van der Waals surface area contributed by atoms with Crippen LogP contribution in [0.15, 0.2) is 59.6 Å². The molecule has 0 aliphatic carbocycles. The lowest BCUT2D eigenvalue weighted by atomic mass is 10.0. The molecule has 5 nitrogen and oxygen atoms in total. The molecule has 0 aromatic heterocycles. The minimum absolute atomic E-state index is 0.174. The van der Waals surface area contributed by atoms with Crippen molar-refractivity contribution in [1.82, 2.24) is 15.1 Å². The number of hydrogen-bond acceptors (Lipinski definition) is 3. The highest BCUT2D eigenvalue weighted by Gasteiger charge is 2.19. The summed E-state index contributed by atoms with van der Waals surface area (Å²) >= 11 is 0. The Morgan fingerprint density at radius 1 is 1.04 bits per heavy atom. The molecule has 0 fully saturated rings. The fourth-order valence-electron chi connectivity index (χ4n) is 3.02. The van der Waals surface area contributed by atoms with Crippen LogP contribution >= 0.6 is 0 Å². The number of methoxy groups -OCH3 is 1. The lowest BCUT2D eigenvalue weighted by molar-refractivity contribution is 0.285. The van der Waals surface area contributed by atoms with E-state index in [0.717, 1.165) is 30.4 Å². The number of ether oxygens (including phenoxy) is 1. The smallest absolute Gasteiger partial charge is 0.193 e. The number of aliphatic imine (C=N–C) groups is 1. The first kappa shape index (κ1) is 19.8. The zero-order chi connectivity index (χ0) is 18.9. The summed E-state index contributed by atoms with van der Waals surface area (Å²) in [5.41, 5.74) is 2.42. The summed E-state index contributed by atoms with van der Waals surface area (Å²) in [6, 6.07) is 18.7. The normalized spacial score (nSPS) is 12.8. The van der Waals surface area contributed by atoms with Gasteiger partial charge in [-0.2, -0.15) is 0 Å². The summed E-state index contributed by atoms with van der Waals surface area (Å²) in [5.74, 6) is 1.77. The Kier molecular flexibility index (Phi) is 7.48. The van der Waals surface area contributed by atoms with Gasteiger partial charge in [-0.3, -0.25) is 4.99 Å². The Hall–Kier alpha value is -2.53. The number of nitrogens with zero attached hydrogens (tertiary/aromatic N) is 3. The molecule has 1 unspecified atom stereocenters. The topological polar surface area (TPSA) is 40.1 Å². The highest BCUT2D eigenvalue weighted by molar-refractivity contribution is 5.79. The quantitative estimate of drug-likeness (QED) is 0.613. The third-order valence-electron chi connectivity index (χ3n) is 4.41. The van der Waals surface area contributed by atoms with Crippen LogP contribution in [0.1, 0.15) is 17.2 Å². The van der Waals surface area contributed by atoms with Crippen LogP contribution in [-0.4, -0.2) is 57.6 Å². The van der Waals surface area contributed by atoms with Crippen molar-refractivity contribution in [2.45, 2.75) is 12.6 Å². The van der Waals surface area contributed by atoms with Crippen LogP contribution in [0.2, 0.25) is 0 Å². The van der Waals surface area contributed by atoms with Gasteiger partial charge in [0.05, 0.1) is 13.2 Å². The van der Waals surface area contributed by atoms with Crippen molar-refractivity contribution < 1.29 is 4.74 Å². The lowest BCUT2D eigenvalue weighted by Crippen LogP contribution is -2.42. The molecule has 0 aliphatic heterocycles. The van der Waals surface area contributed by atoms with Crippen LogP contribution in [0, 0.1) is 0 Å². The van der Waals surface area contributed by atoms with Gasteiger partial charge >= 0.3 is 0 Å². The number of nitrogens with one attached hydrogen (secondary N) is 1. The largest absolute Gasteiger partial charge is 0.496 e. The third-order valence-corrected chi connectivity index (χ3v) is 4.41. The molecule has 2 aromatic rings. The third kappa shape index (κ3) is 5.23. The summed E-state index contributed by atoms with van der Waals surface area (Å²) in [4.78, 5) is 8.75. The van der Waals surface area contributed by atoms with Gasteiger partial charge < -0.3 is 19.9 Å². The van der Waals surface area contributed by atoms with E-state index in [-0.39, 0.29) is 6.04 Å². The average molecular weight is 354 g/mol. The van der Waals surface area contributed by atoms with Crippen LogP contribution in [0.25, 0.3) is 0 Å². The van der Waals surface area contributed by atoms with Crippen molar-refractivity contribution in [2.75, 3.05) is 41.8 Å². The van der Waals surface area contributed by atoms with Crippen LogP contribution in [0.3, 0.4) is 0 Å². The van der Waals surface area contributed by atoms with E-state index in [1.165, 1.54) is 5.56 Å². The van der Waals surface area contributed by atoms with Gasteiger partial charge in [-0.15, -0.1) is 0 Å². The van der Waals surface area contributed by atoms with Crippen molar-refractivity contribution in [3.63, 3.8) is 0 Å². The number of para-hydroxylation sites is 1. The van der Waals surface area contributed by atoms with Crippen molar-refractivity contribution >= 4 is 5.96 Å². The fourth-order valence-corrected chi connectivity index (χ4v) is 3.02. The molecule has 26 heavy (non-hydrogen) atoms. The first-order chi connectivity index (χ1) is 12.6. The SMILES string of the molecule is CN=C(NCC(c1ccccc1OC)N(C)C)N(C)Cc1ccccc1. The summed E-state index contributed by atoms with van der Waals surface area (Å²) < 4.78 is 5.54. The van der Waals surface area contributed by atoms with E-state index in [9.17, 15) is 0 Å². The molecule has 0 radical (unpaired) electrons. The van der Waals surface area contributed by atoms with Gasteiger partial charge in [0.15, 0.2) is 5.96 Å². The van der Waals surface area contributed by atoms with E-state index in [1.807, 2.05) is 31.3 Å². The Labute approximate surface area is 157 Å². The van der Waals surface area contributed by atoms with E-state index < -0.39 is 0 Å². The molecule has 0 aliphatic rings. The summed E-state index contributed by atoms with van der Waals surface area (Å²) in [7, 11) is 9.74. The molecule has 1 N–H and O–H groups in total. The molecule has 1 atom stereocenters. The van der Waals surface area contributed by atoms with Gasteiger partial charge in [-0.1, -0.05) is 48.5 Å². The van der Waals surface area contributed by atoms with Crippen molar-refractivity contribution in [3.05, 3.63) is 65.7 Å². The number of benzene rings is 2. The maximum atomic E-state index is 5.54. The van der Waals surface area contributed by atoms with E-state index in [2.05, 4.69) is 71.6 Å². The van der Waals surface area contributed by atoms with E-state index >= 15 is 0 Å². The molecule has 2 aromatic carbocycles. The number of likely N-dealkylation sites (N-methyl/N-ethyl adjacent to an activating group) is 1. The van der Waals surface area contributed by atoms with Gasteiger partial charge in [-0.25, -0.2) is 0 Å². The van der Waals surface area contributed by atoms with Crippen LogP contribution in [0.4, 0.5) is 0 Å². The molecule has 0 heterocycles. The molecule has 0 saturated carbocycles. The van der Waals surface area contributed by atoms with Crippen molar-refractivity contribution in [3.8, 4) is 5.75 Å². The summed E-state index contributed by atoms with van der Waals surface area (Å²) in [6.07, 6.45) is 0.